The number of rotatable bonds is 10. The van der Waals surface area contributed by atoms with Gasteiger partial charge in [0.15, 0.2) is 5.78 Å². The predicted octanol–water partition coefficient (Wildman–Crippen LogP) is 5.21. The lowest BCUT2D eigenvalue weighted by molar-refractivity contribution is -0.139. The first kappa shape index (κ1) is 27.1. The molecule has 4 rings (SSSR count). The van der Waals surface area contributed by atoms with E-state index in [0.717, 1.165) is 24.0 Å². The highest BCUT2D eigenvalue weighted by Gasteiger charge is 2.42. The molecule has 8 heteroatoms. The molecule has 3 aromatic rings. The van der Waals surface area contributed by atoms with E-state index in [1.807, 2.05) is 61.0 Å². The van der Waals surface area contributed by atoms with Crippen LogP contribution in [0.4, 0.5) is 5.82 Å². The van der Waals surface area contributed by atoms with E-state index in [-0.39, 0.29) is 36.6 Å². The SMILES string of the molecule is CCc1ccc(C(CC)(NC(=O)c2cnn3c2N[C@@H](c2ccccc2)CC3(C)C)C(=O)CCC(=O)O)cc1. The Kier molecular flexibility index (Phi) is 7.71. The molecule has 1 unspecified atom stereocenters. The minimum atomic E-state index is -1.36. The van der Waals surface area contributed by atoms with Gasteiger partial charge < -0.3 is 15.7 Å². The molecule has 0 radical (unpaired) electrons. The largest absolute Gasteiger partial charge is 0.481 e. The van der Waals surface area contributed by atoms with Gasteiger partial charge in [-0.3, -0.25) is 14.4 Å². The number of anilines is 1. The Morgan fingerprint density at radius 1 is 1.08 bits per heavy atom. The van der Waals surface area contributed by atoms with Gasteiger partial charge in [0.25, 0.3) is 5.91 Å². The van der Waals surface area contributed by atoms with Crippen LogP contribution in [-0.4, -0.2) is 32.5 Å². The standard InChI is InChI=1S/C30H36N4O4/c1-5-20-12-14-22(15-13-20)30(6-2,25(35)16-17-26(36)37)33-28(38)23-19-31-34-27(23)32-24(18-29(34,3)4)21-10-8-7-9-11-21/h7-15,19,24,32H,5-6,16-18H2,1-4H3,(H,33,38)(H,36,37)/t24-,30?/m1/s1. The number of hydrogen-bond acceptors (Lipinski definition) is 5. The number of ketones is 1. The molecule has 0 saturated carbocycles. The van der Waals surface area contributed by atoms with Crippen LogP contribution in [0.2, 0.25) is 0 Å². The maximum Gasteiger partial charge on any atom is 0.303 e. The quantitative estimate of drug-likeness (QED) is 0.341. The van der Waals surface area contributed by atoms with Crippen molar-refractivity contribution in [3.8, 4) is 0 Å². The van der Waals surface area contributed by atoms with Crippen LogP contribution >= 0.6 is 0 Å². The van der Waals surface area contributed by atoms with Gasteiger partial charge in [-0.25, -0.2) is 4.68 Å². The lowest BCUT2D eigenvalue weighted by Crippen LogP contribution is -2.51. The van der Waals surface area contributed by atoms with Crippen LogP contribution in [0.15, 0.2) is 60.8 Å². The van der Waals surface area contributed by atoms with Crippen molar-refractivity contribution in [1.82, 2.24) is 15.1 Å². The minimum Gasteiger partial charge on any atom is -0.481 e. The van der Waals surface area contributed by atoms with Crippen LogP contribution in [0.5, 0.6) is 0 Å². The monoisotopic (exact) mass is 516 g/mol. The summed E-state index contributed by atoms with van der Waals surface area (Å²) in [6, 6.07) is 17.6. The molecule has 0 spiro atoms. The number of carbonyl (C=O) groups is 3. The van der Waals surface area contributed by atoms with Crippen LogP contribution in [0.1, 0.15) is 86.5 Å². The van der Waals surface area contributed by atoms with E-state index < -0.39 is 17.4 Å². The summed E-state index contributed by atoms with van der Waals surface area (Å²) in [5.74, 6) is -1.23. The molecule has 0 saturated heterocycles. The van der Waals surface area contributed by atoms with Crippen molar-refractivity contribution < 1.29 is 19.5 Å². The fourth-order valence-corrected chi connectivity index (χ4v) is 5.31. The van der Waals surface area contributed by atoms with E-state index in [1.165, 1.54) is 6.20 Å². The lowest BCUT2D eigenvalue weighted by Gasteiger charge is -2.38. The zero-order valence-corrected chi connectivity index (χ0v) is 22.5. The summed E-state index contributed by atoms with van der Waals surface area (Å²) in [4.78, 5) is 38.7. The van der Waals surface area contributed by atoms with Crippen molar-refractivity contribution in [2.45, 2.75) is 76.9 Å². The molecular weight excluding hydrogens is 480 g/mol. The molecule has 2 heterocycles. The molecule has 1 aliphatic heterocycles. The summed E-state index contributed by atoms with van der Waals surface area (Å²) in [5.41, 5.74) is 1.48. The molecule has 38 heavy (non-hydrogen) atoms. The summed E-state index contributed by atoms with van der Waals surface area (Å²) >= 11 is 0. The zero-order valence-electron chi connectivity index (χ0n) is 22.5. The van der Waals surface area contributed by atoms with E-state index in [4.69, 9.17) is 0 Å². The molecule has 0 aliphatic carbocycles. The highest BCUT2D eigenvalue weighted by Crippen LogP contribution is 2.40. The fourth-order valence-electron chi connectivity index (χ4n) is 5.31. The summed E-state index contributed by atoms with van der Waals surface area (Å²) < 4.78 is 1.83. The number of nitrogens with zero attached hydrogens (tertiary/aromatic N) is 2. The Labute approximate surface area is 223 Å². The van der Waals surface area contributed by atoms with Crippen molar-refractivity contribution in [1.29, 1.82) is 0 Å². The molecule has 1 amide bonds. The number of benzene rings is 2. The summed E-state index contributed by atoms with van der Waals surface area (Å²) in [7, 11) is 0. The Hall–Kier alpha value is -3.94. The van der Waals surface area contributed by atoms with Crippen molar-refractivity contribution in [2.24, 2.45) is 0 Å². The lowest BCUT2D eigenvalue weighted by atomic mass is 9.80. The average Bonchev–Trinajstić information content (AvgIpc) is 3.36. The summed E-state index contributed by atoms with van der Waals surface area (Å²) in [6.45, 7) is 8.04. The Morgan fingerprint density at radius 3 is 2.37 bits per heavy atom. The topological polar surface area (TPSA) is 113 Å². The van der Waals surface area contributed by atoms with Crippen LogP contribution < -0.4 is 10.6 Å². The first-order valence-corrected chi connectivity index (χ1v) is 13.2. The number of fused-ring (bicyclic) bond motifs is 1. The fraction of sp³-hybridized carbons (Fsp3) is 0.400. The molecule has 2 aromatic carbocycles. The van der Waals surface area contributed by atoms with E-state index in [9.17, 15) is 19.5 Å². The first-order chi connectivity index (χ1) is 18.1. The number of carbonyl (C=O) groups excluding carboxylic acids is 2. The third kappa shape index (κ3) is 5.21. The average molecular weight is 517 g/mol. The third-order valence-electron chi connectivity index (χ3n) is 7.56. The number of amides is 1. The van der Waals surface area contributed by atoms with Crippen LogP contribution in [0.3, 0.4) is 0 Å². The summed E-state index contributed by atoms with van der Waals surface area (Å²) in [6.07, 6.45) is 2.94. The smallest absolute Gasteiger partial charge is 0.303 e. The maximum atomic E-state index is 13.9. The molecule has 0 bridgehead atoms. The number of aliphatic carboxylic acids is 1. The Bertz CT molecular complexity index is 1310. The van der Waals surface area contributed by atoms with Gasteiger partial charge in [0, 0.05) is 6.42 Å². The number of Topliss-reactive ketones (excluding diaryl/α,β-unsaturated/α-hetero) is 1. The predicted molar refractivity (Wildman–Crippen MR) is 146 cm³/mol. The van der Waals surface area contributed by atoms with Gasteiger partial charge in [-0.15, -0.1) is 0 Å². The van der Waals surface area contributed by atoms with Gasteiger partial charge in [-0.05, 0) is 49.8 Å². The van der Waals surface area contributed by atoms with Gasteiger partial charge in [-0.2, -0.15) is 5.10 Å². The van der Waals surface area contributed by atoms with Crippen molar-refractivity contribution in [3.63, 3.8) is 0 Å². The highest BCUT2D eigenvalue weighted by molar-refractivity contribution is 6.03. The summed E-state index contributed by atoms with van der Waals surface area (Å²) in [5, 5.41) is 20.3. The van der Waals surface area contributed by atoms with E-state index >= 15 is 0 Å². The second kappa shape index (κ2) is 10.8. The van der Waals surface area contributed by atoms with Crippen LogP contribution in [0, 0.1) is 0 Å². The maximum absolute atomic E-state index is 13.9. The molecule has 1 aliphatic rings. The second-order valence-electron chi connectivity index (χ2n) is 10.5. The van der Waals surface area contributed by atoms with Gasteiger partial charge in [0.2, 0.25) is 0 Å². The Balaban J connectivity index is 1.71. The van der Waals surface area contributed by atoms with E-state index in [0.29, 0.717) is 16.9 Å². The number of nitrogens with one attached hydrogen (secondary N) is 2. The highest BCUT2D eigenvalue weighted by atomic mass is 16.4. The van der Waals surface area contributed by atoms with Gasteiger partial charge in [-0.1, -0.05) is 68.4 Å². The van der Waals surface area contributed by atoms with Gasteiger partial charge in [0.05, 0.1) is 24.2 Å². The van der Waals surface area contributed by atoms with Crippen molar-refractivity contribution in [2.75, 3.05) is 5.32 Å². The van der Waals surface area contributed by atoms with Crippen molar-refractivity contribution in [3.05, 3.63) is 83.0 Å². The zero-order chi connectivity index (χ0) is 27.5. The van der Waals surface area contributed by atoms with Gasteiger partial charge in [0.1, 0.15) is 16.9 Å². The van der Waals surface area contributed by atoms with E-state index in [1.54, 1.807) is 0 Å². The normalized spacial score (nSPS) is 17.5. The van der Waals surface area contributed by atoms with Gasteiger partial charge >= 0.3 is 5.97 Å². The number of aromatic nitrogens is 2. The van der Waals surface area contributed by atoms with Crippen LogP contribution in [0.25, 0.3) is 0 Å². The third-order valence-corrected chi connectivity index (χ3v) is 7.56. The molecular formula is C30H36N4O4. The Morgan fingerprint density at radius 2 is 1.76 bits per heavy atom. The molecule has 1 aromatic heterocycles. The first-order valence-electron chi connectivity index (χ1n) is 13.2. The molecule has 8 nitrogen and oxygen atoms in total. The molecule has 2 atom stereocenters. The number of carboxylic acid groups (broad SMARTS) is 1. The number of hydrogen-bond donors (Lipinski definition) is 3. The number of aryl methyl sites for hydroxylation is 1. The van der Waals surface area contributed by atoms with Crippen LogP contribution in [-0.2, 0) is 27.1 Å². The molecule has 200 valence electrons. The molecule has 3 N–H and O–H groups in total. The van der Waals surface area contributed by atoms with Crippen molar-refractivity contribution >= 4 is 23.5 Å². The minimum absolute atomic E-state index is 0.0170. The molecule has 0 fully saturated rings. The number of carboxylic acids is 1. The van der Waals surface area contributed by atoms with E-state index in [2.05, 4.69) is 41.7 Å². The second-order valence-corrected chi connectivity index (χ2v) is 10.5.